The summed E-state index contributed by atoms with van der Waals surface area (Å²) in [5, 5.41) is 15.8. The van der Waals surface area contributed by atoms with Crippen LogP contribution in [0.1, 0.15) is 72.6 Å². The Hall–Kier alpha value is -2.62. The van der Waals surface area contributed by atoms with Crippen LogP contribution in [0.4, 0.5) is 4.79 Å². The monoisotopic (exact) mass is 493 g/mol. The smallest absolute Gasteiger partial charge is 0.408 e. The molecule has 0 spiro atoms. The normalized spacial score (nSPS) is 31.9. The summed E-state index contributed by atoms with van der Waals surface area (Å²) < 4.78 is 10.6. The van der Waals surface area contributed by atoms with E-state index in [1.54, 1.807) is 27.7 Å². The van der Waals surface area contributed by atoms with Crippen LogP contribution in [-0.2, 0) is 23.9 Å². The minimum atomic E-state index is -1.15. The zero-order valence-electron chi connectivity index (χ0n) is 21.2. The van der Waals surface area contributed by atoms with Crippen LogP contribution in [0.2, 0.25) is 0 Å². The molecule has 3 amide bonds. The Morgan fingerprint density at radius 2 is 2.00 bits per heavy atom. The lowest BCUT2D eigenvalue weighted by Crippen LogP contribution is -2.56. The molecule has 3 N–H and O–H groups in total. The lowest BCUT2D eigenvalue weighted by molar-refractivity contribution is -0.150. The molecule has 3 aliphatic rings. The van der Waals surface area contributed by atoms with Gasteiger partial charge >= 0.3 is 12.1 Å². The number of nitrogens with one attached hydrogen (secondary N) is 2. The van der Waals surface area contributed by atoms with Crippen molar-refractivity contribution in [1.29, 1.82) is 0 Å². The van der Waals surface area contributed by atoms with Crippen molar-refractivity contribution < 1.29 is 33.8 Å². The Morgan fingerprint density at radius 1 is 1.26 bits per heavy atom. The quantitative estimate of drug-likeness (QED) is 0.403. The fourth-order valence-corrected chi connectivity index (χ4v) is 4.77. The minimum absolute atomic E-state index is 0.0286. The topological polar surface area (TPSA) is 134 Å². The number of hydrogen-bond donors (Lipinski definition) is 3. The number of amides is 3. The van der Waals surface area contributed by atoms with Crippen LogP contribution in [0.5, 0.6) is 0 Å². The van der Waals surface area contributed by atoms with Crippen LogP contribution in [0.25, 0.3) is 0 Å². The van der Waals surface area contributed by atoms with Crippen LogP contribution in [0.15, 0.2) is 12.2 Å². The number of aliphatic hydroxyl groups is 1. The van der Waals surface area contributed by atoms with Gasteiger partial charge in [0.05, 0.1) is 12.7 Å². The molecule has 35 heavy (non-hydrogen) atoms. The van der Waals surface area contributed by atoms with Gasteiger partial charge in [0.15, 0.2) is 0 Å². The largest absolute Gasteiger partial charge is 0.464 e. The number of ether oxygens (including phenoxy) is 2. The maximum Gasteiger partial charge on any atom is 0.408 e. The number of hydrogen-bond acceptors (Lipinski definition) is 7. The molecule has 1 saturated carbocycles. The molecule has 10 nitrogen and oxygen atoms in total. The fraction of sp³-hybridized carbons (Fsp3) is 0.760. The van der Waals surface area contributed by atoms with E-state index in [-0.39, 0.29) is 25.5 Å². The van der Waals surface area contributed by atoms with Gasteiger partial charge in [-0.2, -0.15) is 0 Å². The van der Waals surface area contributed by atoms with Crippen molar-refractivity contribution in [3.8, 4) is 0 Å². The first-order chi connectivity index (χ1) is 16.5. The highest BCUT2D eigenvalue weighted by molar-refractivity contribution is 5.96. The SMILES string of the molecule is CCOC(=O)[C@@]12CC1C=CCCCCC[C@H](NC(=O)OC(C)(C)C)C(=O)N1C[C@H](O)C[C@H]1C(=O)N2. The molecule has 2 fully saturated rings. The molecule has 1 unspecified atom stereocenters. The second-order valence-corrected chi connectivity index (χ2v) is 10.7. The Bertz CT molecular complexity index is 852. The summed E-state index contributed by atoms with van der Waals surface area (Å²) in [5.74, 6) is -1.62. The Labute approximate surface area is 206 Å². The maximum atomic E-state index is 13.5. The van der Waals surface area contributed by atoms with Crippen molar-refractivity contribution in [1.82, 2.24) is 15.5 Å². The highest BCUT2D eigenvalue weighted by atomic mass is 16.6. The number of rotatable bonds is 3. The van der Waals surface area contributed by atoms with E-state index in [2.05, 4.69) is 10.6 Å². The predicted molar refractivity (Wildman–Crippen MR) is 127 cm³/mol. The Balaban J connectivity index is 1.84. The molecule has 5 atom stereocenters. The number of carbonyl (C=O) groups is 4. The number of allylic oxidation sites excluding steroid dienone is 1. The summed E-state index contributed by atoms with van der Waals surface area (Å²) in [4.78, 5) is 53.4. The number of carbonyl (C=O) groups excluding carboxylic acids is 4. The number of nitrogens with zero attached hydrogens (tertiary/aromatic N) is 1. The molecular weight excluding hydrogens is 454 g/mol. The van der Waals surface area contributed by atoms with Gasteiger partial charge in [-0.05, 0) is 53.4 Å². The number of esters is 1. The van der Waals surface area contributed by atoms with Gasteiger partial charge in [-0.25, -0.2) is 9.59 Å². The molecule has 0 bridgehead atoms. The number of fused-ring (bicyclic) bond motifs is 2. The average molecular weight is 494 g/mol. The third kappa shape index (κ3) is 6.74. The third-order valence-corrected chi connectivity index (χ3v) is 6.59. The first-order valence-corrected chi connectivity index (χ1v) is 12.6. The van der Waals surface area contributed by atoms with E-state index in [1.807, 2.05) is 12.2 Å². The van der Waals surface area contributed by atoms with E-state index in [0.29, 0.717) is 19.3 Å². The van der Waals surface area contributed by atoms with Gasteiger partial charge in [0.2, 0.25) is 11.8 Å². The molecule has 0 aromatic carbocycles. The summed E-state index contributed by atoms with van der Waals surface area (Å²) in [7, 11) is 0. The number of aliphatic hydroxyl groups excluding tert-OH is 1. The fourth-order valence-electron chi connectivity index (χ4n) is 4.77. The van der Waals surface area contributed by atoms with E-state index in [0.717, 1.165) is 19.3 Å². The van der Waals surface area contributed by atoms with E-state index in [1.165, 1.54) is 4.90 Å². The summed E-state index contributed by atoms with van der Waals surface area (Å²) in [6.07, 6.45) is 6.49. The molecule has 3 rings (SSSR count). The Morgan fingerprint density at radius 3 is 2.69 bits per heavy atom. The molecule has 0 aromatic rings. The third-order valence-electron chi connectivity index (χ3n) is 6.59. The van der Waals surface area contributed by atoms with Gasteiger partial charge in [-0.1, -0.05) is 25.0 Å². The van der Waals surface area contributed by atoms with Gasteiger partial charge in [0, 0.05) is 18.9 Å². The predicted octanol–water partition coefficient (Wildman–Crippen LogP) is 1.80. The maximum absolute atomic E-state index is 13.5. The van der Waals surface area contributed by atoms with Crippen LogP contribution < -0.4 is 10.6 Å². The van der Waals surface area contributed by atoms with Crippen molar-refractivity contribution >= 4 is 23.9 Å². The zero-order valence-corrected chi connectivity index (χ0v) is 21.2. The highest BCUT2D eigenvalue weighted by Crippen LogP contribution is 2.46. The summed E-state index contributed by atoms with van der Waals surface area (Å²) in [5.41, 5.74) is -1.88. The summed E-state index contributed by atoms with van der Waals surface area (Å²) in [6.45, 7) is 7.08. The summed E-state index contributed by atoms with van der Waals surface area (Å²) in [6, 6.07) is -1.85. The minimum Gasteiger partial charge on any atom is -0.464 e. The second kappa shape index (κ2) is 11.0. The molecule has 2 aliphatic heterocycles. The van der Waals surface area contributed by atoms with Crippen molar-refractivity contribution in [3.05, 3.63) is 12.2 Å². The van der Waals surface area contributed by atoms with Crippen LogP contribution in [0, 0.1) is 5.92 Å². The standard InChI is InChI=1S/C25H39N3O7/c1-5-34-22(32)25-14-16(25)11-9-7-6-8-10-12-18(26-23(33)35-24(2,3)4)21(31)28-15-17(29)13-19(28)20(30)27-25/h9,11,16-19,29H,5-8,10,12-15H2,1-4H3,(H,26,33)(H,27,30)/t16?,17-,18+,19+,25-/m1/s1. The van der Waals surface area contributed by atoms with E-state index >= 15 is 0 Å². The van der Waals surface area contributed by atoms with Crippen molar-refractivity contribution in [2.45, 2.75) is 102 Å². The van der Waals surface area contributed by atoms with E-state index in [9.17, 15) is 24.3 Å². The lowest BCUT2D eigenvalue weighted by Gasteiger charge is -2.30. The molecule has 0 aromatic heterocycles. The molecule has 10 heteroatoms. The summed E-state index contributed by atoms with van der Waals surface area (Å²) >= 11 is 0. The zero-order chi connectivity index (χ0) is 25.8. The second-order valence-electron chi connectivity index (χ2n) is 10.7. The molecule has 1 saturated heterocycles. The van der Waals surface area contributed by atoms with Gasteiger partial charge in [-0.15, -0.1) is 0 Å². The molecule has 2 heterocycles. The molecule has 0 radical (unpaired) electrons. The van der Waals surface area contributed by atoms with Gasteiger partial charge in [0.25, 0.3) is 0 Å². The number of alkyl carbamates (subject to hydrolysis) is 1. The average Bonchev–Trinajstić information content (AvgIpc) is 3.30. The van der Waals surface area contributed by atoms with Gasteiger partial charge in [0.1, 0.15) is 23.2 Å². The van der Waals surface area contributed by atoms with Crippen LogP contribution in [-0.4, -0.2) is 76.4 Å². The lowest BCUT2D eigenvalue weighted by atomic mass is 10.0. The van der Waals surface area contributed by atoms with Gasteiger partial charge in [-0.3, -0.25) is 9.59 Å². The molecular formula is C25H39N3O7. The Kier molecular flexibility index (Phi) is 8.46. The van der Waals surface area contributed by atoms with Gasteiger partial charge < -0.3 is 30.1 Å². The van der Waals surface area contributed by atoms with Crippen LogP contribution in [0.3, 0.4) is 0 Å². The van der Waals surface area contributed by atoms with E-state index < -0.39 is 53.2 Å². The van der Waals surface area contributed by atoms with Crippen molar-refractivity contribution in [2.75, 3.05) is 13.2 Å². The van der Waals surface area contributed by atoms with Crippen molar-refractivity contribution in [3.63, 3.8) is 0 Å². The van der Waals surface area contributed by atoms with E-state index in [4.69, 9.17) is 9.47 Å². The molecule has 1 aliphatic carbocycles. The molecule has 196 valence electrons. The van der Waals surface area contributed by atoms with Crippen molar-refractivity contribution in [2.24, 2.45) is 5.92 Å². The first-order valence-electron chi connectivity index (χ1n) is 12.6. The highest BCUT2D eigenvalue weighted by Gasteiger charge is 2.62. The first kappa shape index (κ1) is 27.0. The van der Waals surface area contributed by atoms with Crippen LogP contribution >= 0.6 is 0 Å².